The average Bonchev–Trinajstić information content (AvgIpc) is 3.43. The normalized spacial score (nSPS) is 18.7. The summed E-state index contributed by atoms with van der Waals surface area (Å²) < 4.78 is 41.7. The van der Waals surface area contributed by atoms with Crippen LogP contribution in [0.2, 0.25) is 0 Å². The van der Waals surface area contributed by atoms with Crippen molar-refractivity contribution in [3.8, 4) is 11.3 Å². The molecule has 1 aromatic heterocycles. The third-order valence-electron chi connectivity index (χ3n) is 8.61. The van der Waals surface area contributed by atoms with Crippen LogP contribution in [0.3, 0.4) is 0 Å². The van der Waals surface area contributed by atoms with E-state index in [1.165, 1.54) is 16.6 Å². The summed E-state index contributed by atoms with van der Waals surface area (Å²) in [6, 6.07) is 26.6. The minimum absolute atomic E-state index is 0.325. The van der Waals surface area contributed by atoms with Crippen molar-refractivity contribution in [3.63, 3.8) is 0 Å². The van der Waals surface area contributed by atoms with Crippen LogP contribution in [0, 0.1) is 0 Å². The molecule has 2 saturated heterocycles. The van der Waals surface area contributed by atoms with E-state index in [0.717, 1.165) is 50.2 Å². The number of anilines is 1. The van der Waals surface area contributed by atoms with Gasteiger partial charge in [0.1, 0.15) is 6.04 Å². The van der Waals surface area contributed by atoms with Crippen LogP contribution in [0.4, 0.5) is 18.9 Å². The Morgan fingerprint density at radius 3 is 2.27 bits per heavy atom. The SMILES string of the molecule is FC(F)(F)C(c1ccccc1)N1CCN(CCNC2CCN(c3cccc(-c4cc5ccccc5[nH]4)c3)CC2)CC1. The zero-order valence-corrected chi connectivity index (χ0v) is 23.3. The van der Waals surface area contributed by atoms with E-state index in [0.29, 0.717) is 37.8 Å². The molecule has 0 spiro atoms. The van der Waals surface area contributed by atoms with Crippen LogP contribution in [0.25, 0.3) is 22.2 Å². The Hall–Kier alpha value is -3.33. The molecule has 6 rings (SSSR count). The molecule has 2 fully saturated rings. The molecule has 1 atom stereocenters. The van der Waals surface area contributed by atoms with E-state index in [9.17, 15) is 13.2 Å². The molecular weight excluding hydrogens is 523 g/mol. The summed E-state index contributed by atoms with van der Waals surface area (Å²) in [7, 11) is 0. The van der Waals surface area contributed by atoms with E-state index in [1.54, 1.807) is 35.2 Å². The fourth-order valence-corrected chi connectivity index (χ4v) is 6.35. The predicted molar refractivity (Wildman–Crippen MR) is 160 cm³/mol. The first-order valence-electron chi connectivity index (χ1n) is 14.7. The zero-order valence-electron chi connectivity index (χ0n) is 23.3. The minimum Gasteiger partial charge on any atom is -0.371 e. The van der Waals surface area contributed by atoms with Crippen LogP contribution in [0.1, 0.15) is 24.4 Å². The molecule has 0 bridgehead atoms. The van der Waals surface area contributed by atoms with Crippen LogP contribution < -0.4 is 10.2 Å². The van der Waals surface area contributed by atoms with Gasteiger partial charge in [-0.2, -0.15) is 13.2 Å². The molecule has 8 heteroatoms. The van der Waals surface area contributed by atoms with Gasteiger partial charge in [-0.25, -0.2) is 0 Å². The van der Waals surface area contributed by atoms with Gasteiger partial charge in [0, 0.05) is 80.7 Å². The topological polar surface area (TPSA) is 37.5 Å². The number of piperidine rings is 1. The number of halogens is 3. The number of aromatic amines is 1. The highest BCUT2D eigenvalue weighted by Crippen LogP contribution is 2.38. The Morgan fingerprint density at radius 1 is 0.805 bits per heavy atom. The summed E-state index contributed by atoms with van der Waals surface area (Å²) in [5, 5.41) is 4.93. The average molecular weight is 562 g/mol. The Balaban J connectivity index is 0.950. The van der Waals surface area contributed by atoms with Crippen LogP contribution in [-0.2, 0) is 0 Å². The first-order chi connectivity index (χ1) is 19.9. The highest BCUT2D eigenvalue weighted by Gasteiger charge is 2.45. The van der Waals surface area contributed by atoms with Crippen LogP contribution in [0.15, 0.2) is 84.9 Å². The van der Waals surface area contributed by atoms with E-state index < -0.39 is 12.2 Å². The van der Waals surface area contributed by atoms with Crippen LogP contribution in [0.5, 0.6) is 0 Å². The lowest BCUT2D eigenvalue weighted by molar-refractivity contribution is -0.190. The maximum absolute atomic E-state index is 13.9. The second-order valence-corrected chi connectivity index (χ2v) is 11.3. The van der Waals surface area contributed by atoms with Crippen molar-refractivity contribution in [2.45, 2.75) is 31.1 Å². The molecule has 0 radical (unpaired) electrons. The maximum atomic E-state index is 13.9. The third-order valence-corrected chi connectivity index (χ3v) is 8.61. The lowest BCUT2D eigenvalue weighted by atomic mass is 10.0. The van der Waals surface area contributed by atoms with Crippen molar-refractivity contribution in [1.29, 1.82) is 0 Å². The predicted octanol–water partition coefficient (Wildman–Crippen LogP) is 6.31. The van der Waals surface area contributed by atoms with Crippen molar-refractivity contribution in [1.82, 2.24) is 20.1 Å². The quantitative estimate of drug-likeness (QED) is 0.264. The number of H-pyrrole nitrogens is 1. The molecule has 0 amide bonds. The van der Waals surface area contributed by atoms with Crippen LogP contribution >= 0.6 is 0 Å². The van der Waals surface area contributed by atoms with Gasteiger partial charge in [0.2, 0.25) is 0 Å². The van der Waals surface area contributed by atoms with Crippen molar-refractivity contribution in [2.24, 2.45) is 0 Å². The Kier molecular flexibility index (Phi) is 8.32. The largest absolute Gasteiger partial charge is 0.408 e. The van der Waals surface area contributed by atoms with Crippen molar-refractivity contribution < 1.29 is 13.2 Å². The number of hydrogen-bond donors (Lipinski definition) is 2. The highest BCUT2D eigenvalue weighted by molar-refractivity contribution is 5.86. The molecule has 3 heterocycles. The molecular formula is C33H38F3N5. The van der Waals surface area contributed by atoms with Gasteiger partial charge < -0.3 is 15.2 Å². The Labute approximate surface area is 239 Å². The number of nitrogens with one attached hydrogen (secondary N) is 2. The summed E-state index contributed by atoms with van der Waals surface area (Å²) in [5.74, 6) is 0. The second-order valence-electron chi connectivity index (χ2n) is 11.3. The van der Waals surface area contributed by atoms with E-state index in [-0.39, 0.29) is 0 Å². The standard InChI is InChI=1S/C33H38F3N5/c34-33(35,36)32(25-7-2-1-3-8-25)41-21-19-39(20-22-41)18-15-37-28-13-16-40(17-14-28)29-11-6-10-26(23-29)31-24-27-9-4-5-12-30(27)38-31/h1-12,23-24,28,32,37-38H,13-22H2. The smallest absolute Gasteiger partial charge is 0.371 e. The number of benzene rings is 3. The van der Waals surface area contributed by atoms with Crippen molar-refractivity contribution >= 4 is 16.6 Å². The van der Waals surface area contributed by atoms with Gasteiger partial charge in [-0.15, -0.1) is 0 Å². The third kappa shape index (κ3) is 6.61. The second kappa shape index (κ2) is 12.3. The first kappa shape index (κ1) is 27.8. The first-order valence-corrected chi connectivity index (χ1v) is 14.7. The lowest BCUT2D eigenvalue weighted by Crippen LogP contribution is -2.52. The van der Waals surface area contributed by atoms with Gasteiger partial charge in [-0.05, 0) is 48.2 Å². The number of para-hydroxylation sites is 1. The number of hydrogen-bond acceptors (Lipinski definition) is 4. The molecule has 41 heavy (non-hydrogen) atoms. The van der Waals surface area contributed by atoms with Gasteiger partial charge in [-0.1, -0.05) is 60.7 Å². The Morgan fingerprint density at radius 2 is 1.54 bits per heavy atom. The molecule has 1 unspecified atom stereocenters. The van der Waals surface area contributed by atoms with Crippen LogP contribution in [-0.4, -0.2) is 79.4 Å². The summed E-state index contributed by atoms with van der Waals surface area (Å²) in [5.41, 5.74) is 5.07. The molecule has 5 nitrogen and oxygen atoms in total. The number of aromatic nitrogens is 1. The monoisotopic (exact) mass is 561 g/mol. The summed E-state index contributed by atoms with van der Waals surface area (Å²) >= 11 is 0. The van der Waals surface area contributed by atoms with E-state index in [4.69, 9.17) is 0 Å². The minimum atomic E-state index is -4.28. The number of alkyl halides is 3. The molecule has 0 aliphatic carbocycles. The number of rotatable bonds is 8. The Bertz CT molecular complexity index is 1370. The number of nitrogens with zero attached hydrogens (tertiary/aromatic N) is 3. The van der Waals surface area contributed by atoms with Gasteiger partial charge in [0.05, 0.1) is 0 Å². The van der Waals surface area contributed by atoms with E-state index in [1.807, 2.05) is 0 Å². The molecule has 4 aromatic rings. The molecule has 2 aliphatic rings. The summed E-state index contributed by atoms with van der Waals surface area (Å²) in [4.78, 5) is 9.87. The molecule has 0 saturated carbocycles. The highest BCUT2D eigenvalue weighted by atomic mass is 19.4. The van der Waals surface area contributed by atoms with Gasteiger partial charge in [0.15, 0.2) is 0 Å². The lowest BCUT2D eigenvalue weighted by Gasteiger charge is -2.40. The number of piperazine rings is 1. The summed E-state index contributed by atoms with van der Waals surface area (Å²) in [6.07, 6.45) is -2.12. The van der Waals surface area contributed by atoms with E-state index in [2.05, 4.69) is 74.7 Å². The van der Waals surface area contributed by atoms with Crippen molar-refractivity contribution in [2.75, 3.05) is 57.3 Å². The van der Waals surface area contributed by atoms with Gasteiger partial charge >= 0.3 is 6.18 Å². The fourth-order valence-electron chi connectivity index (χ4n) is 6.35. The zero-order chi connectivity index (χ0) is 28.2. The van der Waals surface area contributed by atoms with Crippen molar-refractivity contribution in [3.05, 3.63) is 90.5 Å². The molecule has 216 valence electrons. The summed E-state index contributed by atoms with van der Waals surface area (Å²) in [6.45, 7) is 5.91. The molecule has 3 aromatic carbocycles. The number of fused-ring (bicyclic) bond motifs is 1. The fraction of sp³-hybridized carbons (Fsp3) is 0.394. The molecule has 2 aliphatic heterocycles. The maximum Gasteiger partial charge on any atom is 0.408 e. The molecule has 2 N–H and O–H groups in total. The van der Waals surface area contributed by atoms with Gasteiger partial charge in [0.25, 0.3) is 0 Å². The van der Waals surface area contributed by atoms with E-state index >= 15 is 0 Å². The van der Waals surface area contributed by atoms with Gasteiger partial charge in [-0.3, -0.25) is 9.80 Å².